The fourth-order valence-corrected chi connectivity index (χ4v) is 1.88. The van der Waals surface area contributed by atoms with Crippen LogP contribution < -0.4 is 10.6 Å². The van der Waals surface area contributed by atoms with Crippen LogP contribution in [-0.4, -0.2) is 21.7 Å². The number of aryl methyl sites for hydroxylation is 2. The summed E-state index contributed by atoms with van der Waals surface area (Å²) >= 11 is 0. The van der Waals surface area contributed by atoms with Crippen LogP contribution in [0, 0.1) is 6.92 Å². The van der Waals surface area contributed by atoms with Gasteiger partial charge in [0.05, 0.1) is 6.54 Å². The van der Waals surface area contributed by atoms with Gasteiger partial charge in [-0.25, -0.2) is 9.97 Å². The van der Waals surface area contributed by atoms with Crippen LogP contribution in [0.4, 0.5) is 11.6 Å². The summed E-state index contributed by atoms with van der Waals surface area (Å²) in [5, 5.41) is 10.4. The van der Waals surface area contributed by atoms with Gasteiger partial charge in [-0.3, -0.25) is 0 Å². The minimum Gasteiger partial charge on any atom is -0.370 e. The summed E-state index contributed by atoms with van der Waals surface area (Å²) in [6.45, 7) is 7.47. The highest BCUT2D eigenvalue weighted by atomic mass is 16.5. The Balaban J connectivity index is 2.08. The van der Waals surface area contributed by atoms with Crippen LogP contribution in [0.5, 0.6) is 0 Å². The summed E-state index contributed by atoms with van der Waals surface area (Å²) < 4.78 is 5.04. The lowest BCUT2D eigenvalue weighted by Gasteiger charge is -2.09. The molecule has 0 aromatic carbocycles. The molecule has 0 saturated carbocycles. The molecule has 20 heavy (non-hydrogen) atoms. The van der Waals surface area contributed by atoms with E-state index in [9.17, 15) is 0 Å². The Hall–Kier alpha value is -2.11. The molecule has 2 rings (SSSR count). The number of nitrogens with one attached hydrogen (secondary N) is 2. The average Bonchev–Trinajstić information content (AvgIpc) is 2.83. The first-order valence-electron chi connectivity index (χ1n) is 6.99. The van der Waals surface area contributed by atoms with E-state index >= 15 is 0 Å². The summed E-state index contributed by atoms with van der Waals surface area (Å²) in [5.41, 5.74) is 0.864. The molecule has 0 aliphatic rings. The zero-order chi connectivity index (χ0) is 14.4. The molecule has 2 aromatic rings. The highest BCUT2D eigenvalue weighted by Gasteiger charge is 2.05. The van der Waals surface area contributed by atoms with E-state index in [4.69, 9.17) is 4.52 Å². The summed E-state index contributed by atoms with van der Waals surface area (Å²) in [4.78, 5) is 8.98. The molecule has 2 heterocycles. The van der Waals surface area contributed by atoms with Crippen molar-refractivity contribution in [1.29, 1.82) is 0 Å². The number of anilines is 2. The van der Waals surface area contributed by atoms with Gasteiger partial charge in [0.25, 0.3) is 0 Å². The average molecular weight is 275 g/mol. The minimum atomic E-state index is 0.589. The molecule has 0 aliphatic heterocycles. The summed E-state index contributed by atoms with van der Waals surface area (Å²) in [6, 6.07) is 3.82. The lowest BCUT2D eigenvalue weighted by molar-refractivity contribution is 0.391. The van der Waals surface area contributed by atoms with Crippen LogP contribution >= 0.6 is 0 Å². The molecule has 2 aromatic heterocycles. The summed E-state index contributed by atoms with van der Waals surface area (Å²) in [6.07, 6.45) is 1.90. The topological polar surface area (TPSA) is 75.9 Å². The quantitative estimate of drug-likeness (QED) is 0.809. The standard InChI is InChI=1S/C14H21N5O/c1-4-6-12-17-13(15-5-2)8-14(18-12)16-9-11-7-10(3)20-19-11/h7-8H,4-6,9H2,1-3H3,(H2,15,16,17,18). The van der Waals surface area contributed by atoms with Gasteiger partial charge < -0.3 is 15.2 Å². The van der Waals surface area contributed by atoms with Gasteiger partial charge in [-0.15, -0.1) is 0 Å². The first-order chi connectivity index (χ1) is 9.71. The van der Waals surface area contributed by atoms with Crippen LogP contribution in [0.2, 0.25) is 0 Å². The Morgan fingerprint density at radius 2 is 1.85 bits per heavy atom. The Bertz CT molecular complexity index is 528. The third-order valence-corrected chi connectivity index (χ3v) is 2.73. The molecule has 0 aliphatic carbocycles. The van der Waals surface area contributed by atoms with Crippen molar-refractivity contribution in [1.82, 2.24) is 15.1 Å². The number of hydrogen-bond acceptors (Lipinski definition) is 6. The van der Waals surface area contributed by atoms with E-state index in [0.29, 0.717) is 6.54 Å². The molecule has 0 amide bonds. The maximum Gasteiger partial charge on any atom is 0.133 e. The van der Waals surface area contributed by atoms with Gasteiger partial charge in [0, 0.05) is 25.1 Å². The second-order valence-corrected chi connectivity index (χ2v) is 4.62. The van der Waals surface area contributed by atoms with Gasteiger partial charge >= 0.3 is 0 Å². The van der Waals surface area contributed by atoms with Gasteiger partial charge in [0.1, 0.15) is 28.9 Å². The van der Waals surface area contributed by atoms with Crippen molar-refractivity contribution in [2.45, 2.75) is 40.2 Å². The smallest absolute Gasteiger partial charge is 0.133 e. The molecule has 108 valence electrons. The number of hydrogen-bond donors (Lipinski definition) is 2. The molecule has 2 N–H and O–H groups in total. The van der Waals surface area contributed by atoms with Gasteiger partial charge in [-0.05, 0) is 20.3 Å². The van der Waals surface area contributed by atoms with Crippen LogP contribution in [-0.2, 0) is 13.0 Å². The van der Waals surface area contributed by atoms with E-state index in [1.807, 2.05) is 26.0 Å². The number of nitrogens with zero attached hydrogens (tertiary/aromatic N) is 3. The Morgan fingerprint density at radius 1 is 1.10 bits per heavy atom. The normalized spacial score (nSPS) is 10.6. The fourth-order valence-electron chi connectivity index (χ4n) is 1.88. The summed E-state index contributed by atoms with van der Waals surface area (Å²) in [7, 11) is 0. The van der Waals surface area contributed by atoms with E-state index in [2.05, 4.69) is 32.7 Å². The maximum absolute atomic E-state index is 5.04. The molecule has 6 heteroatoms. The fraction of sp³-hybridized carbons (Fsp3) is 0.500. The van der Waals surface area contributed by atoms with E-state index in [0.717, 1.165) is 48.3 Å². The first-order valence-corrected chi connectivity index (χ1v) is 6.99. The lowest BCUT2D eigenvalue weighted by Crippen LogP contribution is -2.08. The Kier molecular flexibility index (Phi) is 4.92. The monoisotopic (exact) mass is 275 g/mol. The van der Waals surface area contributed by atoms with Crippen LogP contribution in [0.3, 0.4) is 0 Å². The molecule has 0 saturated heterocycles. The van der Waals surface area contributed by atoms with Gasteiger partial charge in [0.15, 0.2) is 0 Å². The molecule has 0 spiro atoms. The second-order valence-electron chi connectivity index (χ2n) is 4.62. The summed E-state index contributed by atoms with van der Waals surface area (Å²) in [5.74, 6) is 3.32. The van der Waals surface area contributed by atoms with Crippen molar-refractivity contribution in [2.24, 2.45) is 0 Å². The zero-order valence-corrected chi connectivity index (χ0v) is 12.2. The molecule has 0 radical (unpaired) electrons. The highest BCUT2D eigenvalue weighted by Crippen LogP contribution is 2.13. The SMILES string of the molecule is CCCc1nc(NCC)cc(NCc2cc(C)on2)n1. The van der Waals surface area contributed by atoms with E-state index in [-0.39, 0.29) is 0 Å². The molecular weight excluding hydrogens is 254 g/mol. The van der Waals surface area contributed by atoms with Crippen molar-refractivity contribution in [2.75, 3.05) is 17.2 Å². The lowest BCUT2D eigenvalue weighted by atomic mass is 10.3. The molecule has 6 nitrogen and oxygen atoms in total. The van der Waals surface area contributed by atoms with Crippen molar-refractivity contribution >= 4 is 11.6 Å². The third kappa shape index (κ3) is 3.94. The third-order valence-electron chi connectivity index (χ3n) is 2.73. The molecule has 0 unspecified atom stereocenters. The van der Waals surface area contributed by atoms with Gasteiger partial charge in [-0.1, -0.05) is 12.1 Å². The van der Waals surface area contributed by atoms with Crippen molar-refractivity contribution < 1.29 is 4.52 Å². The van der Waals surface area contributed by atoms with Crippen LogP contribution in [0.15, 0.2) is 16.7 Å². The number of rotatable bonds is 7. The van der Waals surface area contributed by atoms with Crippen LogP contribution in [0.25, 0.3) is 0 Å². The highest BCUT2D eigenvalue weighted by molar-refractivity contribution is 5.47. The van der Waals surface area contributed by atoms with Crippen LogP contribution in [0.1, 0.15) is 37.5 Å². The molecule has 0 bridgehead atoms. The predicted molar refractivity (Wildman–Crippen MR) is 78.8 cm³/mol. The van der Waals surface area contributed by atoms with Crippen molar-refractivity contribution in [3.05, 3.63) is 29.4 Å². The molecule has 0 atom stereocenters. The van der Waals surface area contributed by atoms with E-state index in [1.165, 1.54) is 0 Å². The van der Waals surface area contributed by atoms with Crippen molar-refractivity contribution in [3.63, 3.8) is 0 Å². The minimum absolute atomic E-state index is 0.589. The van der Waals surface area contributed by atoms with Gasteiger partial charge in [-0.2, -0.15) is 0 Å². The molecular formula is C14H21N5O. The van der Waals surface area contributed by atoms with E-state index < -0.39 is 0 Å². The molecule has 0 fully saturated rings. The second kappa shape index (κ2) is 6.88. The van der Waals surface area contributed by atoms with E-state index in [1.54, 1.807) is 0 Å². The largest absolute Gasteiger partial charge is 0.370 e. The zero-order valence-electron chi connectivity index (χ0n) is 12.2. The predicted octanol–water partition coefficient (Wildman–Crippen LogP) is 2.77. The van der Waals surface area contributed by atoms with Crippen molar-refractivity contribution in [3.8, 4) is 0 Å². The van der Waals surface area contributed by atoms with Gasteiger partial charge in [0.2, 0.25) is 0 Å². The maximum atomic E-state index is 5.04. The Labute approximate surface area is 119 Å². The first kappa shape index (κ1) is 14.3. The Morgan fingerprint density at radius 3 is 2.45 bits per heavy atom. The number of aromatic nitrogens is 3.